The predicted octanol–water partition coefficient (Wildman–Crippen LogP) is 4.97. The molecule has 4 aromatic rings. The van der Waals surface area contributed by atoms with E-state index in [0.29, 0.717) is 30.1 Å². The van der Waals surface area contributed by atoms with Crippen LogP contribution in [0.5, 0.6) is 0 Å². The van der Waals surface area contributed by atoms with Gasteiger partial charge in [0.05, 0.1) is 17.0 Å². The molecule has 2 N–H and O–H groups in total. The third-order valence-electron chi connectivity index (χ3n) is 6.24. The molecule has 38 heavy (non-hydrogen) atoms. The molecule has 4 rings (SSSR count). The van der Waals surface area contributed by atoms with Crippen molar-refractivity contribution in [3.63, 3.8) is 0 Å². The number of nitrogens with one attached hydrogen (secondary N) is 2. The number of carbonyl (C=O) groups is 1. The number of carbonyl (C=O) groups excluding carboxylic acids is 1. The SMILES string of the molecule is Cc1ccc(C)c(S(=O)(=O)N(CCc2ccccc2)CC(=O)NCCNc2ccnc3cc(Cl)ccc23)c1. The first-order chi connectivity index (χ1) is 18.2. The lowest BCUT2D eigenvalue weighted by Gasteiger charge is -2.23. The fourth-order valence-electron chi connectivity index (χ4n) is 4.20. The normalized spacial score (nSPS) is 11.6. The van der Waals surface area contributed by atoms with Gasteiger partial charge >= 0.3 is 0 Å². The molecule has 0 aliphatic heterocycles. The average molecular weight is 551 g/mol. The van der Waals surface area contributed by atoms with Gasteiger partial charge in [0, 0.05) is 41.9 Å². The van der Waals surface area contributed by atoms with Crippen molar-refractivity contribution in [1.82, 2.24) is 14.6 Å². The summed E-state index contributed by atoms with van der Waals surface area (Å²) in [7, 11) is -3.88. The Balaban J connectivity index is 1.42. The highest BCUT2D eigenvalue weighted by Crippen LogP contribution is 2.24. The zero-order chi connectivity index (χ0) is 27.1. The molecule has 0 unspecified atom stereocenters. The summed E-state index contributed by atoms with van der Waals surface area (Å²) in [5, 5.41) is 7.69. The van der Waals surface area contributed by atoms with Gasteiger partial charge in [-0.1, -0.05) is 54.1 Å². The van der Waals surface area contributed by atoms with E-state index < -0.39 is 10.0 Å². The van der Waals surface area contributed by atoms with Gasteiger partial charge in [-0.05, 0) is 67.3 Å². The van der Waals surface area contributed by atoms with Crippen LogP contribution in [0.3, 0.4) is 0 Å². The Morgan fingerprint density at radius 3 is 2.55 bits per heavy atom. The molecule has 0 radical (unpaired) electrons. The van der Waals surface area contributed by atoms with Crippen LogP contribution in [0.1, 0.15) is 16.7 Å². The minimum atomic E-state index is -3.88. The van der Waals surface area contributed by atoms with Crippen LogP contribution in [0, 0.1) is 13.8 Å². The molecule has 3 aromatic carbocycles. The topological polar surface area (TPSA) is 91.4 Å². The van der Waals surface area contributed by atoms with Gasteiger partial charge in [-0.25, -0.2) is 8.42 Å². The molecule has 1 amide bonds. The maximum Gasteiger partial charge on any atom is 0.243 e. The summed E-state index contributed by atoms with van der Waals surface area (Å²) in [6.07, 6.45) is 2.20. The Labute approximate surface area is 228 Å². The largest absolute Gasteiger partial charge is 0.383 e. The van der Waals surface area contributed by atoms with E-state index in [1.54, 1.807) is 37.4 Å². The molecule has 0 bridgehead atoms. The van der Waals surface area contributed by atoms with Gasteiger partial charge in [-0.15, -0.1) is 0 Å². The first-order valence-electron chi connectivity index (χ1n) is 12.4. The number of amides is 1. The highest BCUT2D eigenvalue weighted by molar-refractivity contribution is 7.89. The third-order valence-corrected chi connectivity index (χ3v) is 8.46. The second kappa shape index (κ2) is 12.4. The first-order valence-corrected chi connectivity index (χ1v) is 14.2. The van der Waals surface area contributed by atoms with Crippen LogP contribution >= 0.6 is 11.6 Å². The number of aromatic nitrogens is 1. The molecule has 1 aromatic heterocycles. The summed E-state index contributed by atoms with van der Waals surface area (Å²) >= 11 is 6.06. The smallest absolute Gasteiger partial charge is 0.243 e. The van der Waals surface area contributed by atoms with Gasteiger partial charge in [-0.3, -0.25) is 9.78 Å². The number of hydrogen-bond acceptors (Lipinski definition) is 5. The van der Waals surface area contributed by atoms with Gasteiger partial charge in [0.2, 0.25) is 15.9 Å². The van der Waals surface area contributed by atoms with Crippen molar-refractivity contribution < 1.29 is 13.2 Å². The molecular formula is C29H31ClN4O3S. The fraction of sp³-hybridized carbons (Fsp3) is 0.241. The molecule has 7 nitrogen and oxygen atoms in total. The first kappa shape index (κ1) is 27.6. The van der Waals surface area contributed by atoms with Gasteiger partial charge in [0.15, 0.2) is 0 Å². The number of aryl methyl sites for hydroxylation is 2. The maximum atomic E-state index is 13.6. The number of anilines is 1. The fourth-order valence-corrected chi connectivity index (χ4v) is 6.07. The van der Waals surface area contributed by atoms with Crippen molar-refractivity contribution in [3.8, 4) is 0 Å². The molecule has 0 spiro atoms. The van der Waals surface area contributed by atoms with E-state index in [-0.39, 0.29) is 23.9 Å². The van der Waals surface area contributed by atoms with Crippen LogP contribution in [-0.4, -0.2) is 49.8 Å². The number of benzene rings is 3. The van der Waals surface area contributed by atoms with Gasteiger partial charge < -0.3 is 10.6 Å². The Hall–Kier alpha value is -3.46. The van der Waals surface area contributed by atoms with Crippen LogP contribution in [0.4, 0.5) is 5.69 Å². The van der Waals surface area contributed by atoms with Crippen LogP contribution in [-0.2, 0) is 21.2 Å². The lowest BCUT2D eigenvalue weighted by molar-refractivity contribution is -0.121. The minimum absolute atomic E-state index is 0.191. The number of halogens is 1. The number of hydrogen-bond donors (Lipinski definition) is 2. The van der Waals surface area contributed by atoms with E-state index in [2.05, 4.69) is 15.6 Å². The zero-order valence-electron chi connectivity index (χ0n) is 21.4. The summed E-state index contributed by atoms with van der Waals surface area (Å²) in [5.41, 5.74) is 4.15. The van der Waals surface area contributed by atoms with Crippen molar-refractivity contribution in [2.75, 3.05) is 31.5 Å². The van der Waals surface area contributed by atoms with Gasteiger partial charge in [-0.2, -0.15) is 4.31 Å². The molecule has 0 atom stereocenters. The Bertz CT molecular complexity index is 1530. The molecule has 0 saturated heterocycles. The van der Waals surface area contributed by atoms with Crippen LogP contribution in [0.2, 0.25) is 5.02 Å². The lowest BCUT2D eigenvalue weighted by atomic mass is 10.1. The predicted molar refractivity (Wildman–Crippen MR) is 153 cm³/mol. The van der Waals surface area contributed by atoms with E-state index in [1.807, 2.05) is 55.5 Å². The molecule has 0 aliphatic carbocycles. The lowest BCUT2D eigenvalue weighted by Crippen LogP contribution is -2.42. The summed E-state index contributed by atoms with van der Waals surface area (Å²) in [6.45, 7) is 4.33. The van der Waals surface area contributed by atoms with Crippen molar-refractivity contribution in [2.45, 2.75) is 25.2 Å². The summed E-state index contributed by atoms with van der Waals surface area (Å²) < 4.78 is 28.6. The summed E-state index contributed by atoms with van der Waals surface area (Å²) in [4.78, 5) is 17.4. The number of pyridine rings is 1. The average Bonchev–Trinajstić information content (AvgIpc) is 2.90. The number of fused-ring (bicyclic) bond motifs is 1. The van der Waals surface area contributed by atoms with Gasteiger partial charge in [0.1, 0.15) is 0 Å². The summed E-state index contributed by atoms with van der Waals surface area (Å²) in [6, 6.07) is 22.3. The van der Waals surface area contributed by atoms with Crippen molar-refractivity contribution in [3.05, 3.63) is 101 Å². The standard InChI is InChI=1S/C29H31ClN4O3S/c1-21-8-9-22(2)28(18-21)38(36,37)34(17-13-23-6-4-3-5-7-23)20-29(35)33-16-15-32-26-12-14-31-27-19-24(30)10-11-25(26)27/h3-12,14,18-19H,13,15-17,20H2,1-2H3,(H,31,32)(H,33,35). The van der Waals surface area contributed by atoms with E-state index in [1.165, 1.54) is 4.31 Å². The monoisotopic (exact) mass is 550 g/mol. The third kappa shape index (κ3) is 6.89. The molecule has 9 heteroatoms. The molecule has 198 valence electrons. The zero-order valence-corrected chi connectivity index (χ0v) is 23.0. The number of nitrogens with zero attached hydrogens (tertiary/aromatic N) is 2. The van der Waals surface area contributed by atoms with E-state index in [9.17, 15) is 13.2 Å². The molecule has 0 fully saturated rings. The van der Waals surface area contributed by atoms with Crippen LogP contribution < -0.4 is 10.6 Å². The second-order valence-corrected chi connectivity index (χ2v) is 11.5. The van der Waals surface area contributed by atoms with Crippen molar-refractivity contribution in [1.29, 1.82) is 0 Å². The van der Waals surface area contributed by atoms with E-state index in [4.69, 9.17) is 11.6 Å². The minimum Gasteiger partial charge on any atom is -0.383 e. The van der Waals surface area contributed by atoms with E-state index in [0.717, 1.165) is 27.7 Å². The maximum absolute atomic E-state index is 13.6. The Morgan fingerprint density at radius 1 is 0.974 bits per heavy atom. The van der Waals surface area contributed by atoms with Crippen LogP contribution in [0.25, 0.3) is 10.9 Å². The van der Waals surface area contributed by atoms with Gasteiger partial charge in [0.25, 0.3) is 0 Å². The summed E-state index contributed by atoms with van der Waals surface area (Å²) in [5.74, 6) is -0.361. The Morgan fingerprint density at radius 2 is 1.76 bits per heavy atom. The molecular weight excluding hydrogens is 520 g/mol. The molecule has 1 heterocycles. The van der Waals surface area contributed by atoms with Crippen molar-refractivity contribution in [2.24, 2.45) is 0 Å². The number of rotatable bonds is 11. The highest BCUT2D eigenvalue weighted by Gasteiger charge is 2.28. The quantitative estimate of drug-likeness (QED) is 0.257. The van der Waals surface area contributed by atoms with E-state index >= 15 is 0 Å². The Kier molecular flexibility index (Phi) is 8.99. The highest BCUT2D eigenvalue weighted by atomic mass is 35.5. The number of sulfonamides is 1. The molecule has 0 aliphatic rings. The van der Waals surface area contributed by atoms with Crippen LogP contribution in [0.15, 0.2) is 83.9 Å². The second-order valence-electron chi connectivity index (χ2n) is 9.14. The van der Waals surface area contributed by atoms with Crippen molar-refractivity contribution >= 4 is 44.1 Å². The molecule has 0 saturated carbocycles.